The van der Waals surface area contributed by atoms with Crippen LogP contribution in [0.2, 0.25) is 0 Å². The summed E-state index contributed by atoms with van der Waals surface area (Å²) in [4.78, 5) is 0. The Morgan fingerprint density at radius 1 is 1.24 bits per heavy atom. The van der Waals surface area contributed by atoms with Crippen molar-refractivity contribution >= 4 is 17.4 Å². The number of unbranched alkanes of at least 4 members (excludes halogenated alkanes) is 2. The van der Waals surface area contributed by atoms with E-state index in [1.807, 2.05) is 36.9 Å². The molecule has 0 unspecified atom stereocenters. The lowest BCUT2D eigenvalue weighted by molar-refractivity contribution is 0.337. The molecule has 2 N–H and O–H groups in total. The molecule has 3 heteroatoms. The summed E-state index contributed by atoms with van der Waals surface area (Å²) in [5, 5.41) is 0. The third kappa shape index (κ3) is 5.35. The second-order valence-corrected chi connectivity index (χ2v) is 5.17. The van der Waals surface area contributed by atoms with Crippen LogP contribution in [0.4, 0.5) is 5.69 Å². The summed E-state index contributed by atoms with van der Waals surface area (Å²) in [7, 11) is 0. The Labute approximate surface area is 109 Å². The van der Waals surface area contributed by atoms with Gasteiger partial charge < -0.3 is 10.5 Å². The molecule has 0 bridgehead atoms. The number of hydrogen-bond acceptors (Lipinski definition) is 3. The molecule has 0 aliphatic heterocycles. The number of anilines is 1. The summed E-state index contributed by atoms with van der Waals surface area (Å²) in [5.41, 5.74) is 7.84. The van der Waals surface area contributed by atoms with E-state index in [4.69, 9.17) is 10.5 Å². The van der Waals surface area contributed by atoms with Gasteiger partial charge in [0.15, 0.2) is 0 Å². The van der Waals surface area contributed by atoms with Crippen LogP contribution in [-0.4, -0.2) is 12.4 Å². The molecule has 1 aromatic carbocycles. The fourth-order valence-corrected chi connectivity index (χ4v) is 2.64. The monoisotopic (exact) mass is 253 g/mol. The van der Waals surface area contributed by atoms with Crippen molar-refractivity contribution in [1.29, 1.82) is 0 Å². The van der Waals surface area contributed by atoms with Crippen LogP contribution in [0.3, 0.4) is 0 Å². The molecule has 0 aliphatic rings. The highest BCUT2D eigenvalue weighted by Crippen LogP contribution is 2.26. The molecular weight excluding hydrogens is 230 g/mol. The van der Waals surface area contributed by atoms with Gasteiger partial charge in [-0.3, -0.25) is 0 Å². The SMILES string of the molecule is CCCCCSCc1cc(N)ccc1OCC. The van der Waals surface area contributed by atoms with Crippen molar-refractivity contribution in [2.45, 2.75) is 38.9 Å². The van der Waals surface area contributed by atoms with Crippen molar-refractivity contribution < 1.29 is 4.74 Å². The quantitative estimate of drug-likeness (QED) is 0.560. The maximum absolute atomic E-state index is 5.81. The molecular formula is C14H23NOS. The number of ether oxygens (including phenoxy) is 1. The van der Waals surface area contributed by atoms with Gasteiger partial charge in [-0.2, -0.15) is 11.8 Å². The predicted molar refractivity (Wildman–Crippen MR) is 77.7 cm³/mol. The zero-order chi connectivity index (χ0) is 12.5. The van der Waals surface area contributed by atoms with Gasteiger partial charge in [0.25, 0.3) is 0 Å². The van der Waals surface area contributed by atoms with Gasteiger partial charge in [-0.25, -0.2) is 0 Å². The molecule has 0 aliphatic carbocycles. The number of rotatable bonds is 8. The standard InChI is InChI=1S/C14H23NOS/c1-3-5-6-9-17-11-12-10-13(15)7-8-14(12)16-4-2/h7-8,10H,3-6,9,11,15H2,1-2H3. The Hall–Kier alpha value is -0.830. The molecule has 0 atom stereocenters. The fourth-order valence-electron chi connectivity index (χ4n) is 1.64. The molecule has 0 saturated heterocycles. The Balaban J connectivity index is 2.47. The number of thioether (sulfide) groups is 1. The van der Waals surface area contributed by atoms with Crippen molar-refractivity contribution in [2.24, 2.45) is 0 Å². The second-order valence-electron chi connectivity index (χ2n) is 4.06. The van der Waals surface area contributed by atoms with E-state index < -0.39 is 0 Å². The predicted octanol–water partition coefficient (Wildman–Crippen LogP) is 4.09. The van der Waals surface area contributed by atoms with E-state index in [-0.39, 0.29) is 0 Å². The minimum absolute atomic E-state index is 0.706. The average Bonchev–Trinajstić information content (AvgIpc) is 2.32. The molecule has 0 amide bonds. The van der Waals surface area contributed by atoms with Gasteiger partial charge in [-0.1, -0.05) is 19.8 Å². The normalized spacial score (nSPS) is 10.5. The third-order valence-corrected chi connectivity index (χ3v) is 3.63. The van der Waals surface area contributed by atoms with Crippen LogP contribution < -0.4 is 10.5 Å². The summed E-state index contributed by atoms with van der Waals surface area (Å²) in [6.07, 6.45) is 3.90. The zero-order valence-corrected chi connectivity index (χ0v) is 11.7. The first-order valence-electron chi connectivity index (χ1n) is 6.36. The van der Waals surface area contributed by atoms with E-state index in [0.29, 0.717) is 6.61 Å². The molecule has 0 fully saturated rings. The first-order valence-corrected chi connectivity index (χ1v) is 7.52. The van der Waals surface area contributed by atoms with E-state index >= 15 is 0 Å². The summed E-state index contributed by atoms with van der Waals surface area (Å²) < 4.78 is 5.60. The molecule has 1 rings (SSSR count). The molecule has 0 heterocycles. The summed E-state index contributed by atoms with van der Waals surface area (Å²) >= 11 is 1.96. The molecule has 0 aromatic heterocycles. The first-order chi connectivity index (χ1) is 8.27. The molecule has 2 nitrogen and oxygen atoms in total. The fraction of sp³-hybridized carbons (Fsp3) is 0.571. The van der Waals surface area contributed by atoms with Gasteiger partial charge in [-0.15, -0.1) is 0 Å². The minimum atomic E-state index is 0.706. The largest absolute Gasteiger partial charge is 0.494 e. The van der Waals surface area contributed by atoms with E-state index in [2.05, 4.69) is 6.92 Å². The van der Waals surface area contributed by atoms with Crippen LogP contribution in [-0.2, 0) is 5.75 Å². The van der Waals surface area contributed by atoms with Crippen molar-refractivity contribution in [3.63, 3.8) is 0 Å². The van der Waals surface area contributed by atoms with Crippen LogP contribution in [0.1, 0.15) is 38.7 Å². The maximum Gasteiger partial charge on any atom is 0.123 e. The first kappa shape index (κ1) is 14.2. The Kier molecular flexibility index (Phi) is 6.94. The van der Waals surface area contributed by atoms with Gasteiger partial charge >= 0.3 is 0 Å². The molecule has 0 saturated carbocycles. The number of hydrogen-bond donors (Lipinski definition) is 1. The number of nitrogen functional groups attached to an aromatic ring is 1. The number of benzene rings is 1. The van der Waals surface area contributed by atoms with Crippen LogP contribution in [0.15, 0.2) is 18.2 Å². The van der Waals surface area contributed by atoms with E-state index in [0.717, 1.165) is 17.2 Å². The molecule has 17 heavy (non-hydrogen) atoms. The van der Waals surface area contributed by atoms with E-state index in [9.17, 15) is 0 Å². The van der Waals surface area contributed by atoms with E-state index in [1.54, 1.807) is 0 Å². The van der Waals surface area contributed by atoms with Crippen LogP contribution in [0, 0.1) is 0 Å². The van der Waals surface area contributed by atoms with Crippen molar-refractivity contribution in [3.05, 3.63) is 23.8 Å². The molecule has 96 valence electrons. The average molecular weight is 253 g/mol. The van der Waals surface area contributed by atoms with Gasteiger partial charge in [-0.05, 0) is 37.3 Å². The lowest BCUT2D eigenvalue weighted by Crippen LogP contribution is -1.97. The van der Waals surface area contributed by atoms with Gasteiger partial charge in [0.1, 0.15) is 5.75 Å². The topological polar surface area (TPSA) is 35.2 Å². The van der Waals surface area contributed by atoms with Crippen molar-refractivity contribution in [2.75, 3.05) is 18.1 Å². The van der Waals surface area contributed by atoms with Gasteiger partial charge in [0, 0.05) is 17.0 Å². The third-order valence-electron chi connectivity index (χ3n) is 2.53. The number of nitrogens with two attached hydrogens (primary N) is 1. The highest BCUT2D eigenvalue weighted by molar-refractivity contribution is 7.98. The highest BCUT2D eigenvalue weighted by Gasteiger charge is 2.04. The summed E-state index contributed by atoms with van der Waals surface area (Å²) in [6.45, 7) is 4.95. The Bertz CT molecular complexity index is 328. The van der Waals surface area contributed by atoms with E-state index in [1.165, 1.54) is 30.6 Å². The van der Waals surface area contributed by atoms with Crippen LogP contribution in [0.25, 0.3) is 0 Å². The minimum Gasteiger partial charge on any atom is -0.494 e. The lowest BCUT2D eigenvalue weighted by Gasteiger charge is -2.10. The van der Waals surface area contributed by atoms with Crippen molar-refractivity contribution in [1.82, 2.24) is 0 Å². The zero-order valence-electron chi connectivity index (χ0n) is 10.9. The van der Waals surface area contributed by atoms with Gasteiger partial charge in [0.05, 0.1) is 6.61 Å². The maximum atomic E-state index is 5.81. The Morgan fingerprint density at radius 3 is 2.76 bits per heavy atom. The van der Waals surface area contributed by atoms with Crippen LogP contribution >= 0.6 is 11.8 Å². The van der Waals surface area contributed by atoms with Crippen LogP contribution in [0.5, 0.6) is 5.75 Å². The molecule has 0 spiro atoms. The summed E-state index contributed by atoms with van der Waals surface area (Å²) in [6, 6.07) is 5.90. The highest BCUT2D eigenvalue weighted by atomic mass is 32.2. The second kappa shape index (κ2) is 8.29. The van der Waals surface area contributed by atoms with Gasteiger partial charge in [0.2, 0.25) is 0 Å². The Morgan fingerprint density at radius 2 is 2.06 bits per heavy atom. The molecule has 0 radical (unpaired) electrons. The van der Waals surface area contributed by atoms with Crippen molar-refractivity contribution in [3.8, 4) is 5.75 Å². The smallest absolute Gasteiger partial charge is 0.123 e. The lowest BCUT2D eigenvalue weighted by atomic mass is 10.2. The summed E-state index contributed by atoms with van der Waals surface area (Å²) in [5.74, 6) is 3.18. The molecule has 1 aromatic rings.